The highest BCUT2D eigenvalue weighted by atomic mass is 16.5. The number of hydrogen-bond acceptors (Lipinski definition) is 1. The Bertz CT molecular complexity index is 311. The second-order valence-corrected chi connectivity index (χ2v) is 4.23. The topological polar surface area (TPSA) is 9.23 Å². The van der Waals surface area contributed by atoms with Gasteiger partial charge in [-0.05, 0) is 49.3 Å². The lowest BCUT2D eigenvalue weighted by molar-refractivity contribution is 0.0853. The number of aryl methyl sites for hydroxylation is 2. The van der Waals surface area contributed by atoms with Crippen LogP contribution in [0.5, 0.6) is 0 Å². The third-order valence-electron chi connectivity index (χ3n) is 3.22. The molecule has 0 radical (unpaired) electrons. The van der Waals surface area contributed by atoms with Crippen molar-refractivity contribution in [2.24, 2.45) is 0 Å². The zero-order valence-corrected chi connectivity index (χ0v) is 9.05. The Morgan fingerprint density at radius 2 is 1.79 bits per heavy atom. The second-order valence-electron chi connectivity index (χ2n) is 4.23. The van der Waals surface area contributed by atoms with Crippen LogP contribution in [0.4, 0.5) is 0 Å². The molecule has 0 atom stereocenters. The maximum absolute atomic E-state index is 5.38. The van der Waals surface area contributed by atoms with Crippen molar-refractivity contribution in [3.63, 3.8) is 0 Å². The van der Waals surface area contributed by atoms with Crippen LogP contribution in [-0.2, 0) is 4.74 Å². The number of rotatable bonds is 1. The fourth-order valence-corrected chi connectivity index (χ4v) is 2.05. The third-order valence-corrected chi connectivity index (χ3v) is 3.22. The van der Waals surface area contributed by atoms with E-state index in [-0.39, 0.29) is 0 Å². The highest BCUT2D eigenvalue weighted by Crippen LogP contribution is 2.27. The minimum absolute atomic E-state index is 0.725. The van der Waals surface area contributed by atoms with Gasteiger partial charge in [-0.15, -0.1) is 0 Å². The van der Waals surface area contributed by atoms with Crippen LogP contribution in [0, 0.1) is 13.8 Å². The van der Waals surface area contributed by atoms with Crippen molar-refractivity contribution in [3.05, 3.63) is 34.9 Å². The molecule has 2 rings (SSSR count). The van der Waals surface area contributed by atoms with Crippen molar-refractivity contribution in [3.8, 4) is 0 Å². The zero-order chi connectivity index (χ0) is 9.97. The van der Waals surface area contributed by atoms with Crippen molar-refractivity contribution in [2.45, 2.75) is 32.6 Å². The Hall–Kier alpha value is -0.820. The van der Waals surface area contributed by atoms with Gasteiger partial charge in [0, 0.05) is 13.2 Å². The van der Waals surface area contributed by atoms with Crippen molar-refractivity contribution >= 4 is 0 Å². The molecular formula is C13H18O. The highest BCUT2D eigenvalue weighted by Gasteiger charge is 2.15. The van der Waals surface area contributed by atoms with Gasteiger partial charge in [-0.2, -0.15) is 0 Å². The molecule has 0 unspecified atom stereocenters. The van der Waals surface area contributed by atoms with Gasteiger partial charge in [-0.25, -0.2) is 0 Å². The largest absolute Gasteiger partial charge is 0.381 e. The first-order valence-corrected chi connectivity index (χ1v) is 5.42. The molecule has 0 spiro atoms. The number of benzene rings is 1. The Balaban J connectivity index is 2.18. The lowest BCUT2D eigenvalue weighted by atomic mass is 9.90. The van der Waals surface area contributed by atoms with Gasteiger partial charge in [0.15, 0.2) is 0 Å². The number of hydrogen-bond donors (Lipinski definition) is 0. The minimum atomic E-state index is 0.725. The fourth-order valence-electron chi connectivity index (χ4n) is 2.05. The molecule has 0 aromatic heterocycles. The first-order valence-electron chi connectivity index (χ1n) is 5.42. The summed E-state index contributed by atoms with van der Waals surface area (Å²) in [6.45, 7) is 6.22. The summed E-state index contributed by atoms with van der Waals surface area (Å²) in [6.07, 6.45) is 2.37. The molecule has 1 fully saturated rings. The lowest BCUT2D eigenvalue weighted by Gasteiger charge is -2.22. The molecule has 1 heteroatoms. The summed E-state index contributed by atoms with van der Waals surface area (Å²) < 4.78 is 5.38. The van der Waals surface area contributed by atoms with Crippen molar-refractivity contribution < 1.29 is 4.74 Å². The monoisotopic (exact) mass is 190 g/mol. The van der Waals surface area contributed by atoms with E-state index in [1.165, 1.54) is 29.5 Å². The first kappa shape index (κ1) is 9.72. The molecular weight excluding hydrogens is 172 g/mol. The predicted molar refractivity (Wildman–Crippen MR) is 58.7 cm³/mol. The molecule has 0 aliphatic carbocycles. The van der Waals surface area contributed by atoms with Crippen LogP contribution in [0.3, 0.4) is 0 Å². The molecule has 1 aromatic rings. The van der Waals surface area contributed by atoms with Gasteiger partial charge in [0.25, 0.3) is 0 Å². The molecule has 1 aliphatic rings. The van der Waals surface area contributed by atoms with Gasteiger partial charge >= 0.3 is 0 Å². The maximum atomic E-state index is 5.38. The molecule has 1 heterocycles. The number of ether oxygens (including phenoxy) is 1. The quantitative estimate of drug-likeness (QED) is 0.660. The van der Waals surface area contributed by atoms with E-state index in [2.05, 4.69) is 32.0 Å². The van der Waals surface area contributed by atoms with Crippen molar-refractivity contribution in [1.82, 2.24) is 0 Å². The summed E-state index contributed by atoms with van der Waals surface area (Å²) >= 11 is 0. The van der Waals surface area contributed by atoms with Gasteiger partial charge in [0.05, 0.1) is 0 Å². The van der Waals surface area contributed by atoms with E-state index in [9.17, 15) is 0 Å². The Morgan fingerprint density at radius 1 is 1.07 bits per heavy atom. The fraction of sp³-hybridized carbons (Fsp3) is 0.538. The van der Waals surface area contributed by atoms with Gasteiger partial charge in [0.1, 0.15) is 0 Å². The van der Waals surface area contributed by atoms with Crippen LogP contribution in [-0.4, -0.2) is 13.2 Å². The van der Waals surface area contributed by atoms with Gasteiger partial charge in [-0.1, -0.05) is 18.2 Å². The summed E-state index contributed by atoms with van der Waals surface area (Å²) in [5.74, 6) is 0.725. The smallest absolute Gasteiger partial charge is 0.0471 e. The van der Waals surface area contributed by atoms with E-state index >= 15 is 0 Å². The molecule has 14 heavy (non-hydrogen) atoms. The Kier molecular flexibility index (Phi) is 2.87. The van der Waals surface area contributed by atoms with Crippen LogP contribution < -0.4 is 0 Å². The minimum Gasteiger partial charge on any atom is -0.381 e. The molecule has 0 N–H and O–H groups in total. The van der Waals surface area contributed by atoms with E-state index in [0.717, 1.165) is 19.1 Å². The Morgan fingerprint density at radius 3 is 2.43 bits per heavy atom. The first-order chi connectivity index (χ1) is 6.77. The molecule has 0 saturated carbocycles. The summed E-state index contributed by atoms with van der Waals surface area (Å²) in [5, 5.41) is 0. The van der Waals surface area contributed by atoms with Crippen LogP contribution >= 0.6 is 0 Å². The average Bonchev–Trinajstić information content (AvgIpc) is 2.23. The molecule has 1 nitrogen and oxygen atoms in total. The van der Waals surface area contributed by atoms with Crippen molar-refractivity contribution in [1.29, 1.82) is 0 Å². The van der Waals surface area contributed by atoms with Crippen LogP contribution in [0.25, 0.3) is 0 Å². The van der Waals surface area contributed by atoms with Crippen LogP contribution in [0.15, 0.2) is 18.2 Å². The third kappa shape index (κ3) is 1.98. The van der Waals surface area contributed by atoms with Gasteiger partial charge in [0.2, 0.25) is 0 Å². The van der Waals surface area contributed by atoms with Gasteiger partial charge in [-0.3, -0.25) is 0 Å². The highest BCUT2D eigenvalue weighted by molar-refractivity contribution is 5.32. The van der Waals surface area contributed by atoms with E-state index in [1.807, 2.05) is 0 Å². The SMILES string of the molecule is Cc1ccc(C2CCOCC2)cc1C. The molecule has 0 amide bonds. The summed E-state index contributed by atoms with van der Waals surface area (Å²) in [6, 6.07) is 6.85. The Labute approximate surface area is 86.1 Å². The molecule has 76 valence electrons. The van der Waals surface area contributed by atoms with Crippen molar-refractivity contribution in [2.75, 3.05) is 13.2 Å². The predicted octanol–water partition coefficient (Wildman–Crippen LogP) is 3.20. The maximum Gasteiger partial charge on any atom is 0.0471 e. The zero-order valence-electron chi connectivity index (χ0n) is 9.05. The van der Waals surface area contributed by atoms with Crippen LogP contribution in [0.1, 0.15) is 35.4 Å². The molecule has 0 bridgehead atoms. The summed E-state index contributed by atoms with van der Waals surface area (Å²) in [5.41, 5.74) is 4.30. The summed E-state index contributed by atoms with van der Waals surface area (Å²) in [4.78, 5) is 0. The summed E-state index contributed by atoms with van der Waals surface area (Å²) in [7, 11) is 0. The van der Waals surface area contributed by atoms with Crippen LogP contribution in [0.2, 0.25) is 0 Å². The molecule has 1 aliphatic heterocycles. The van der Waals surface area contributed by atoms with E-state index in [1.54, 1.807) is 0 Å². The molecule has 1 aromatic carbocycles. The normalized spacial score (nSPS) is 18.4. The molecule has 1 saturated heterocycles. The second kappa shape index (κ2) is 4.14. The van der Waals surface area contributed by atoms with E-state index < -0.39 is 0 Å². The van der Waals surface area contributed by atoms with E-state index in [0.29, 0.717) is 0 Å². The van der Waals surface area contributed by atoms with Gasteiger partial charge < -0.3 is 4.74 Å². The standard InChI is InChI=1S/C13H18O/c1-10-3-4-13(9-11(10)2)12-5-7-14-8-6-12/h3-4,9,12H,5-8H2,1-2H3. The lowest BCUT2D eigenvalue weighted by Crippen LogP contribution is -2.14. The average molecular weight is 190 g/mol. The van der Waals surface area contributed by atoms with E-state index in [4.69, 9.17) is 4.74 Å².